The van der Waals surface area contributed by atoms with Crippen LogP contribution >= 0.6 is 7.60 Å². The fourth-order valence-corrected chi connectivity index (χ4v) is 3.31. The fraction of sp³-hybridized carbons (Fsp3) is 0.625. The highest BCUT2D eigenvalue weighted by Crippen LogP contribution is 2.48. The maximum Gasteiger partial charge on any atom is 0.510 e. The molecular formula is C16H24N5O8P. The Morgan fingerprint density at radius 2 is 2.13 bits per heavy atom. The van der Waals surface area contributed by atoms with Gasteiger partial charge in [-0.2, -0.15) is 4.98 Å². The maximum atomic E-state index is 12.1. The third-order valence-corrected chi connectivity index (χ3v) is 5.08. The molecule has 2 heterocycles. The summed E-state index contributed by atoms with van der Waals surface area (Å²) in [6.07, 6.45) is 1.06. The van der Waals surface area contributed by atoms with Gasteiger partial charge in [-0.25, -0.2) is 9.78 Å². The number of nitrogens with one attached hydrogen (secondary N) is 1. The van der Waals surface area contributed by atoms with E-state index in [1.54, 1.807) is 25.3 Å². The van der Waals surface area contributed by atoms with E-state index in [0.29, 0.717) is 18.5 Å². The van der Waals surface area contributed by atoms with Gasteiger partial charge in [0.15, 0.2) is 11.2 Å². The first kappa shape index (κ1) is 22.2. The fourth-order valence-electron chi connectivity index (χ4n) is 2.58. The summed E-state index contributed by atoms with van der Waals surface area (Å²) < 4.78 is 33.6. The molecule has 0 aromatic carbocycles. The van der Waals surface area contributed by atoms with Crippen LogP contribution in [0.2, 0.25) is 0 Å². The molecule has 0 aliphatic heterocycles. The average Bonchev–Trinajstić information content (AvgIpc) is 3.25. The number of imidazole rings is 1. The normalized spacial score (nSPS) is 17.5. The standard InChI is InChI=1S/C16H24N5O8P/c1-15(2,3)29-14(23)26-8-28-30(24,25)9-27-16(4-5-16)6-21-7-18-10-11(21)19-13(17)20-12(10)22/h7H,4-6,8-9H2,1-3H3,(H,24,25)(H3,17,19,20,22). The minimum absolute atomic E-state index is 0.0433. The van der Waals surface area contributed by atoms with Gasteiger partial charge < -0.3 is 29.4 Å². The quantitative estimate of drug-likeness (QED) is 0.303. The van der Waals surface area contributed by atoms with Crippen LogP contribution in [0, 0.1) is 0 Å². The van der Waals surface area contributed by atoms with Gasteiger partial charge in [0, 0.05) is 0 Å². The number of rotatable bonds is 8. The first-order valence-corrected chi connectivity index (χ1v) is 10.8. The minimum atomic E-state index is -4.18. The molecule has 0 amide bonds. The summed E-state index contributed by atoms with van der Waals surface area (Å²) >= 11 is 0. The molecular weight excluding hydrogens is 421 g/mol. The molecule has 3 rings (SSSR count). The molecule has 4 N–H and O–H groups in total. The summed E-state index contributed by atoms with van der Waals surface area (Å²) in [6, 6.07) is 0. The molecule has 1 fully saturated rings. The number of aromatic amines is 1. The Morgan fingerprint density at radius 1 is 1.43 bits per heavy atom. The highest BCUT2D eigenvalue weighted by atomic mass is 31.2. The van der Waals surface area contributed by atoms with Crippen LogP contribution in [0.15, 0.2) is 11.1 Å². The van der Waals surface area contributed by atoms with Crippen LogP contribution in [-0.2, 0) is 29.8 Å². The molecule has 1 atom stereocenters. The SMILES string of the molecule is CC(C)(C)OC(=O)OCOP(=O)(O)COC1(Cn2cnc3c(=O)[nH]c(N)nc32)CC1. The van der Waals surface area contributed by atoms with Gasteiger partial charge in [0.05, 0.1) is 18.5 Å². The number of fused-ring (bicyclic) bond motifs is 1. The summed E-state index contributed by atoms with van der Waals surface area (Å²) in [4.78, 5) is 43.7. The molecule has 2 aromatic heterocycles. The molecule has 13 nitrogen and oxygen atoms in total. The van der Waals surface area contributed by atoms with Crippen molar-refractivity contribution in [3.63, 3.8) is 0 Å². The Bertz CT molecular complexity index is 1040. The zero-order chi connectivity index (χ0) is 22.2. The lowest BCUT2D eigenvalue weighted by atomic mass is 10.2. The zero-order valence-corrected chi connectivity index (χ0v) is 17.7. The Balaban J connectivity index is 1.53. The van der Waals surface area contributed by atoms with Gasteiger partial charge in [-0.15, -0.1) is 0 Å². The van der Waals surface area contributed by atoms with E-state index in [1.165, 1.54) is 6.33 Å². The van der Waals surface area contributed by atoms with Gasteiger partial charge >= 0.3 is 13.8 Å². The van der Waals surface area contributed by atoms with Gasteiger partial charge in [0.2, 0.25) is 12.7 Å². The number of aromatic nitrogens is 4. The summed E-state index contributed by atoms with van der Waals surface area (Å²) in [7, 11) is -4.18. The van der Waals surface area contributed by atoms with E-state index in [1.807, 2.05) is 0 Å². The lowest BCUT2D eigenvalue weighted by molar-refractivity contribution is -0.0409. The highest BCUT2D eigenvalue weighted by Gasteiger charge is 2.46. The molecule has 1 aliphatic rings. The molecule has 0 spiro atoms. The number of hydrogen-bond acceptors (Lipinski definition) is 10. The summed E-state index contributed by atoms with van der Waals surface area (Å²) in [5.41, 5.74) is 4.07. The monoisotopic (exact) mass is 445 g/mol. The molecule has 0 bridgehead atoms. The first-order chi connectivity index (χ1) is 13.9. The largest absolute Gasteiger partial charge is 0.510 e. The molecule has 0 saturated heterocycles. The number of nitrogens with zero attached hydrogens (tertiary/aromatic N) is 3. The molecule has 30 heavy (non-hydrogen) atoms. The lowest BCUT2D eigenvalue weighted by Crippen LogP contribution is -2.25. The van der Waals surface area contributed by atoms with Crippen molar-refractivity contribution < 1.29 is 33.0 Å². The van der Waals surface area contributed by atoms with Gasteiger partial charge in [0.1, 0.15) is 11.9 Å². The van der Waals surface area contributed by atoms with Crippen LogP contribution in [0.25, 0.3) is 11.2 Å². The Hall–Kier alpha value is -2.47. The number of H-pyrrole nitrogens is 1. The molecule has 14 heteroatoms. The predicted molar refractivity (Wildman–Crippen MR) is 104 cm³/mol. The van der Waals surface area contributed by atoms with Gasteiger partial charge in [0.25, 0.3) is 5.56 Å². The Morgan fingerprint density at radius 3 is 2.77 bits per heavy atom. The van der Waals surface area contributed by atoms with Crippen molar-refractivity contribution in [2.45, 2.75) is 51.4 Å². The van der Waals surface area contributed by atoms with Gasteiger partial charge in [-0.3, -0.25) is 18.9 Å². The highest BCUT2D eigenvalue weighted by molar-refractivity contribution is 7.52. The minimum Gasteiger partial charge on any atom is -0.429 e. The van der Waals surface area contributed by atoms with Crippen LogP contribution in [0.1, 0.15) is 33.6 Å². The number of anilines is 1. The van der Waals surface area contributed by atoms with Crippen molar-refractivity contribution in [3.05, 3.63) is 16.7 Å². The summed E-state index contributed by atoms with van der Waals surface area (Å²) in [5.74, 6) is -0.0433. The van der Waals surface area contributed by atoms with Crippen molar-refractivity contribution in [3.8, 4) is 0 Å². The summed E-state index contributed by atoms with van der Waals surface area (Å²) in [5, 5.41) is 0. The van der Waals surface area contributed by atoms with Crippen molar-refractivity contribution in [1.29, 1.82) is 0 Å². The Labute approximate surface area is 171 Å². The second-order valence-electron chi connectivity index (χ2n) is 7.95. The van der Waals surface area contributed by atoms with Crippen LogP contribution < -0.4 is 11.3 Å². The predicted octanol–water partition coefficient (Wildman–Crippen LogP) is 1.32. The van der Waals surface area contributed by atoms with E-state index >= 15 is 0 Å². The topological polar surface area (TPSA) is 181 Å². The van der Waals surface area contributed by atoms with Crippen LogP contribution in [-0.4, -0.2) is 54.9 Å². The smallest absolute Gasteiger partial charge is 0.429 e. The summed E-state index contributed by atoms with van der Waals surface area (Å²) in [6.45, 7) is 4.46. The third-order valence-electron chi connectivity index (χ3n) is 4.11. The number of nitrogen functional groups attached to an aromatic ring is 1. The van der Waals surface area contributed by atoms with E-state index in [9.17, 15) is 19.0 Å². The molecule has 1 unspecified atom stereocenters. The van der Waals surface area contributed by atoms with E-state index in [2.05, 4.69) is 19.7 Å². The number of ether oxygens (including phenoxy) is 3. The van der Waals surface area contributed by atoms with Crippen molar-refractivity contribution >= 4 is 30.9 Å². The van der Waals surface area contributed by atoms with Gasteiger partial charge in [-0.1, -0.05) is 0 Å². The number of nitrogens with two attached hydrogens (primary N) is 1. The second kappa shape index (κ2) is 7.99. The van der Waals surface area contributed by atoms with Crippen LogP contribution in [0.5, 0.6) is 0 Å². The molecule has 1 saturated carbocycles. The zero-order valence-electron chi connectivity index (χ0n) is 16.8. The maximum absolute atomic E-state index is 12.1. The van der Waals surface area contributed by atoms with Crippen molar-refractivity contribution in [1.82, 2.24) is 19.5 Å². The molecule has 1 aliphatic carbocycles. The Kier molecular flexibility index (Phi) is 5.92. The van der Waals surface area contributed by atoms with E-state index < -0.39 is 43.7 Å². The second-order valence-corrected chi connectivity index (χ2v) is 9.74. The lowest BCUT2D eigenvalue weighted by Gasteiger charge is -2.21. The van der Waals surface area contributed by atoms with Crippen LogP contribution in [0.3, 0.4) is 0 Å². The molecule has 2 aromatic rings. The molecule has 0 radical (unpaired) electrons. The van der Waals surface area contributed by atoms with Crippen molar-refractivity contribution in [2.24, 2.45) is 0 Å². The molecule has 166 valence electrons. The van der Waals surface area contributed by atoms with Crippen molar-refractivity contribution in [2.75, 3.05) is 18.9 Å². The van der Waals surface area contributed by atoms with Crippen LogP contribution in [0.4, 0.5) is 10.7 Å². The van der Waals surface area contributed by atoms with E-state index in [0.717, 1.165) is 0 Å². The average molecular weight is 445 g/mol. The third kappa shape index (κ3) is 5.79. The number of hydrogen-bond donors (Lipinski definition) is 3. The number of carbonyl (C=O) groups excluding carboxylic acids is 1. The van der Waals surface area contributed by atoms with E-state index in [-0.39, 0.29) is 18.0 Å². The number of carbonyl (C=O) groups is 1. The van der Waals surface area contributed by atoms with Gasteiger partial charge in [-0.05, 0) is 33.6 Å². The first-order valence-electron chi connectivity index (χ1n) is 9.05. The van der Waals surface area contributed by atoms with E-state index in [4.69, 9.17) is 19.7 Å².